The summed E-state index contributed by atoms with van der Waals surface area (Å²) in [6.07, 6.45) is 2.54. The number of nitrogens with zero attached hydrogens (tertiary/aromatic N) is 1. The monoisotopic (exact) mass is 278 g/mol. The van der Waals surface area contributed by atoms with Crippen LogP contribution in [0.1, 0.15) is 25.3 Å². The van der Waals surface area contributed by atoms with Gasteiger partial charge in [-0.1, -0.05) is 6.07 Å². The average molecular weight is 278 g/mol. The number of rotatable bonds is 4. The predicted molar refractivity (Wildman–Crippen MR) is 77.4 cm³/mol. The lowest BCUT2D eigenvalue weighted by Gasteiger charge is -2.23. The number of hydrogen-bond acceptors (Lipinski definition) is 3. The Morgan fingerprint density at radius 1 is 1.40 bits per heavy atom. The first kappa shape index (κ1) is 13.8. The highest BCUT2D eigenvalue weighted by atomic mass is 19.1. The second-order valence-electron chi connectivity index (χ2n) is 6.09. The quantitative estimate of drug-likeness (QED) is 0.915. The Balaban J connectivity index is 1.62. The standard InChI is InChI=1S/C16H23FN2O/c1-2-20-15-4-3-13(9-14(15)17)10-19-8-6-16(12-19)5-7-18-11-16/h3-4,9,18H,2,5-8,10-12H2,1H3. The second-order valence-corrected chi connectivity index (χ2v) is 6.09. The molecule has 3 nitrogen and oxygen atoms in total. The summed E-state index contributed by atoms with van der Waals surface area (Å²) in [7, 11) is 0. The molecule has 1 N–H and O–H groups in total. The Morgan fingerprint density at radius 2 is 2.30 bits per heavy atom. The van der Waals surface area contributed by atoms with Crippen LogP contribution in [0.15, 0.2) is 18.2 Å². The Labute approximate surface area is 120 Å². The summed E-state index contributed by atoms with van der Waals surface area (Å²) in [6.45, 7) is 7.74. The van der Waals surface area contributed by atoms with Gasteiger partial charge in [0.05, 0.1) is 6.61 Å². The van der Waals surface area contributed by atoms with Crippen molar-refractivity contribution in [2.24, 2.45) is 5.41 Å². The third kappa shape index (κ3) is 2.81. The maximum atomic E-state index is 13.9. The first-order valence-electron chi connectivity index (χ1n) is 7.55. The molecule has 2 aliphatic rings. The van der Waals surface area contributed by atoms with Crippen molar-refractivity contribution in [2.75, 3.05) is 32.8 Å². The molecule has 0 saturated carbocycles. The average Bonchev–Trinajstić information content (AvgIpc) is 3.04. The van der Waals surface area contributed by atoms with Crippen molar-refractivity contribution in [1.82, 2.24) is 10.2 Å². The van der Waals surface area contributed by atoms with Crippen LogP contribution in [0.25, 0.3) is 0 Å². The maximum Gasteiger partial charge on any atom is 0.165 e. The van der Waals surface area contributed by atoms with E-state index in [0.717, 1.165) is 38.3 Å². The number of ether oxygens (including phenoxy) is 1. The summed E-state index contributed by atoms with van der Waals surface area (Å²) >= 11 is 0. The van der Waals surface area contributed by atoms with Crippen LogP contribution in [0, 0.1) is 11.2 Å². The van der Waals surface area contributed by atoms with E-state index in [1.807, 2.05) is 13.0 Å². The van der Waals surface area contributed by atoms with E-state index in [2.05, 4.69) is 10.2 Å². The molecule has 0 aliphatic carbocycles. The largest absolute Gasteiger partial charge is 0.491 e. The van der Waals surface area contributed by atoms with Gasteiger partial charge in [-0.25, -0.2) is 4.39 Å². The summed E-state index contributed by atoms with van der Waals surface area (Å²) < 4.78 is 19.1. The van der Waals surface area contributed by atoms with Crippen LogP contribution in [0.3, 0.4) is 0 Å². The smallest absolute Gasteiger partial charge is 0.165 e. The van der Waals surface area contributed by atoms with Crippen LogP contribution >= 0.6 is 0 Å². The van der Waals surface area contributed by atoms with Gasteiger partial charge in [0.1, 0.15) is 0 Å². The minimum atomic E-state index is -0.249. The zero-order chi connectivity index (χ0) is 14.0. The summed E-state index contributed by atoms with van der Waals surface area (Å²) in [5.74, 6) is 0.106. The van der Waals surface area contributed by atoms with E-state index in [1.165, 1.54) is 12.8 Å². The van der Waals surface area contributed by atoms with Crippen LogP contribution < -0.4 is 10.1 Å². The van der Waals surface area contributed by atoms with Crippen LogP contribution in [-0.2, 0) is 6.54 Å². The fraction of sp³-hybridized carbons (Fsp3) is 0.625. The van der Waals surface area contributed by atoms with Crippen LogP contribution in [0.4, 0.5) is 4.39 Å². The highest BCUT2D eigenvalue weighted by Crippen LogP contribution is 2.36. The molecule has 0 amide bonds. The fourth-order valence-electron chi connectivity index (χ4n) is 3.48. The summed E-state index contributed by atoms with van der Waals surface area (Å²) in [6, 6.07) is 5.34. The number of likely N-dealkylation sites (tertiary alicyclic amines) is 1. The molecule has 0 bridgehead atoms. The predicted octanol–water partition coefficient (Wildman–Crippen LogP) is 2.41. The van der Waals surface area contributed by atoms with E-state index in [1.54, 1.807) is 12.1 Å². The molecule has 110 valence electrons. The highest BCUT2D eigenvalue weighted by Gasteiger charge is 2.39. The van der Waals surface area contributed by atoms with E-state index in [-0.39, 0.29) is 5.82 Å². The van der Waals surface area contributed by atoms with Gasteiger partial charge in [0, 0.05) is 19.6 Å². The van der Waals surface area contributed by atoms with Crippen LogP contribution in [0.2, 0.25) is 0 Å². The number of nitrogens with one attached hydrogen (secondary N) is 1. The molecule has 1 spiro atoms. The lowest BCUT2D eigenvalue weighted by molar-refractivity contribution is 0.268. The van der Waals surface area contributed by atoms with Crippen molar-refractivity contribution < 1.29 is 9.13 Å². The topological polar surface area (TPSA) is 24.5 Å². The molecule has 0 radical (unpaired) electrons. The minimum absolute atomic E-state index is 0.249. The van der Waals surface area contributed by atoms with E-state index in [0.29, 0.717) is 17.8 Å². The molecule has 2 heterocycles. The van der Waals surface area contributed by atoms with Crippen molar-refractivity contribution in [3.8, 4) is 5.75 Å². The van der Waals surface area contributed by atoms with E-state index >= 15 is 0 Å². The molecule has 1 unspecified atom stereocenters. The SMILES string of the molecule is CCOc1ccc(CN2CCC3(CCNC3)C2)cc1F. The van der Waals surface area contributed by atoms with E-state index < -0.39 is 0 Å². The number of hydrogen-bond donors (Lipinski definition) is 1. The van der Waals surface area contributed by atoms with Gasteiger partial charge in [0.2, 0.25) is 0 Å². The minimum Gasteiger partial charge on any atom is -0.491 e. The normalized spacial score (nSPS) is 26.5. The van der Waals surface area contributed by atoms with Gasteiger partial charge in [0.15, 0.2) is 11.6 Å². The Hall–Kier alpha value is -1.13. The van der Waals surface area contributed by atoms with Gasteiger partial charge in [-0.2, -0.15) is 0 Å². The lowest BCUT2D eigenvalue weighted by Crippen LogP contribution is -2.28. The second kappa shape index (κ2) is 5.70. The molecule has 2 saturated heterocycles. The summed E-state index contributed by atoms with van der Waals surface area (Å²) in [5, 5.41) is 3.47. The third-order valence-electron chi connectivity index (χ3n) is 4.55. The molecule has 2 aliphatic heterocycles. The Kier molecular flexibility index (Phi) is 3.94. The van der Waals surface area contributed by atoms with Crippen molar-refractivity contribution in [3.05, 3.63) is 29.6 Å². The Bertz CT molecular complexity index is 472. The van der Waals surface area contributed by atoms with E-state index in [9.17, 15) is 4.39 Å². The summed E-state index contributed by atoms with van der Waals surface area (Å²) in [4.78, 5) is 2.45. The lowest BCUT2D eigenvalue weighted by atomic mass is 9.86. The fourth-order valence-corrected chi connectivity index (χ4v) is 3.48. The molecule has 0 aromatic heterocycles. The molecule has 1 atom stereocenters. The molecule has 1 aromatic carbocycles. The zero-order valence-electron chi connectivity index (χ0n) is 12.1. The van der Waals surface area contributed by atoms with Crippen molar-refractivity contribution in [2.45, 2.75) is 26.3 Å². The van der Waals surface area contributed by atoms with E-state index in [4.69, 9.17) is 4.74 Å². The summed E-state index contributed by atoms with van der Waals surface area (Å²) in [5.41, 5.74) is 1.51. The molecule has 20 heavy (non-hydrogen) atoms. The Morgan fingerprint density at radius 3 is 3.00 bits per heavy atom. The maximum absolute atomic E-state index is 13.9. The first-order chi connectivity index (χ1) is 9.71. The van der Waals surface area contributed by atoms with Crippen molar-refractivity contribution in [3.63, 3.8) is 0 Å². The molecule has 4 heteroatoms. The van der Waals surface area contributed by atoms with Gasteiger partial charge >= 0.3 is 0 Å². The number of benzene rings is 1. The molecular weight excluding hydrogens is 255 g/mol. The van der Waals surface area contributed by atoms with Gasteiger partial charge in [-0.3, -0.25) is 4.90 Å². The first-order valence-corrected chi connectivity index (χ1v) is 7.55. The van der Waals surface area contributed by atoms with Crippen molar-refractivity contribution >= 4 is 0 Å². The van der Waals surface area contributed by atoms with Gasteiger partial charge < -0.3 is 10.1 Å². The highest BCUT2D eigenvalue weighted by molar-refractivity contribution is 5.29. The van der Waals surface area contributed by atoms with Gasteiger partial charge in [-0.05, 0) is 56.0 Å². The third-order valence-corrected chi connectivity index (χ3v) is 4.55. The van der Waals surface area contributed by atoms with Gasteiger partial charge in [0.25, 0.3) is 0 Å². The van der Waals surface area contributed by atoms with Crippen molar-refractivity contribution in [1.29, 1.82) is 0 Å². The molecule has 3 rings (SSSR count). The van der Waals surface area contributed by atoms with Crippen LogP contribution in [0.5, 0.6) is 5.75 Å². The molecule has 2 fully saturated rings. The molecule has 1 aromatic rings. The number of halogens is 1. The van der Waals surface area contributed by atoms with Gasteiger partial charge in [-0.15, -0.1) is 0 Å². The van der Waals surface area contributed by atoms with Crippen LogP contribution in [-0.4, -0.2) is 37.7 Å². The zero-order valence-corrected chi connectivity index (χ0v) is 12.1. The molecular formula is C16H23FN2O.